The van der Waals surface area contributed by atoms with Gasteiger partial charge in [-0.3, -0.25) is 0 Å². The minimum Gasteiger partial charge on any atom is -0.748 e. The summed E-state index contributed by atoms with van der Waals surface area (Å²) in [5.74, 6) is -0.374. The predicted molar refractivity (Wildman–Crippen MR) is 35.3 cm³/mol. The molecule has 0 bridgehead atoms. The molecule has 0 heterocycles. The van der Waals surface area contributed by atoms with Gasteiger partial charge in [-0.05, 0) is 6.42 Å². The van der Waals surface area contributed by atoms with Gasteiger partial charge in [0, 0.05) is 5.75 Å². The Bertz CT molecular complexity index is 187. The van der Waals surface area contributed by atoms with Crippen molar-refractivity contribution in [2.75, 3.05) is 12.4 Å². The molecular weight excluding hydrogens is 195 g/mol. The van der Waals surface area contributed by atoms with E-state index < -0.39 is 10.1 Å². The van der Waals surface area contributed by atoms with Crippen LogP contribution in [0.4, 0.5) is 0 Å². The maximum absolute atomic E-state index is 9.96. The van der Waals surface area contributed by atoms with Gasteiger partial charge in [0.15, 0.2) is 0 Å². The van der Waals surface area contributed by atoms with Crippen LogP contribution in [-0.4, -0.2) is 25.3 Å². The molecule has 6 heteroatoms. The SMILES string of the molecule is C=COCCCS(=O)(=O)[O-].[K+]. The second-order valence-electron chi connectivity index (χ2n) is 1.65. The minimum atomic E-state index is -4.07. The Labute approximate surface area is 109 Å². The van der Waals surface area contributed by atoms with Gasteiger partial charge in [0.2, 0.25) is 0 Å². The van der Waals surface area contributed by atoms with Gasteiger partial charge in [0.1, 0.15) is 0 Å². The van der Waals surface area contributed by atoms with Gasteiger partial charge < -0.3 is 9.29 Å². The zero-order valence-corrected chi connectivity index (χ0v) is 10.4. The molecule has 0 aliphatic heterocycles. The molecule has 0 unspecified atom stereocenters. The van der Waals surface area contributed by atoms with Gasteiger partial charge in [-0.15, -0.1) is 0 Å². The number of ether oxygens (including phenoxy) is 1. The first-order chi connectivity index (χ1) is 4.56. The number of rotatable bonds is 5. The molecule has 0 spiro atoms. The van der Waals surface area contributed by atoms with Gasteiger partial charge in [-0.1, -0.05) is 6.58 Å². The van der Waals surface area contributed by atoms with Crippen LogP contribution in [0.1, 0.15) is 6.42 Å². The van der Waals surface area contributed by atoms with E-state index in [4.69, 9.17) is 0 Å². The van der Waals surface area contributed by atoms with Gasteiger partial charge in [-0.2, -0.15) is 0 Å². The summed E-state index contributed by atoms with van der Waals surface area (Å²) >= 11 is 0. The Hall–Kier alpha value is 1.09. The van der Waals surface area contributed by atoms with Crippen molar-refractivity contribution < 1.29 is 69.1 Å². The van der Waals surface area contributed by atoms with E-state index in [1.807, 2.05) is 0 Å². The third-order valence-corrected chi connectivity index (χ3v) is 1.56. The van der Waals surface area contributed by atoms with Crippen LogP contribution in [0.3, 0.4) is 0 Å². The van der Waals surface area contributed by atoms with Gasteiger partial charge in [0.05, 0.1) is 23.0 Å². The Morgan fingerprint density at radius 3 is 2.45 bits per heavy atom. The topological polar surface area (TPSA) is 66.4 Å². The number of hydrogen-bond donors (Lipinski definition) is 0. The van der Waals surface area contributed by atoms with Crippen molar-refractivity contribution in [3.63, 3.8) is 0 Å². The second-order valence-corrected chi connectivity index (χ2v) is 3.18. The summed E-state index contributed by atoms with van der Waals surface area (Å²) in [6.07, 6.45) is 1.43. The molecule has 0 saturated heterocycles. The summed E-state index contributed by atoms with van der Waals surface area (Å²) in [7, 11) is -4.07. The molecule has 0 aromatic carbocycles. The van der Waals surface area contributed by atoms with Crippen molar-refractivity contribution >= 4 is 10.1 Å². The van der Waals surface area contributed by atoms with Crippen molar-refractivity contribution in [3.05, 3.63) is 12.8 Å². The second kappa shape index (κ2) is 7.72. The Morgan fingerprint density at radius 2 is 2.09 bits per heavy atom. The fraction of sp³-hybridized carbons (Fsp3) is 0.600. The normalized spacial score (nSPS) is 9.91. The molecule has 0 aromatic heterocycles. The van der Waals surface area contributed by atoms with E-state index in [2.05, 4.69) is 11.3 Å². The average Bonchev–Trinajstić information content (AvgIpc) is 1.78. The van der Waals surface area contributed by atoms with Crippen LogP contribution in [0.5, 0.6) is 0 Å². The Balaban J connectivity index is 0. The van der Waals surface area contributed by atoms with Crippen molar-refractivity contribution in [2.45, 2.75) is 6.42 Å². The van der Waals surface area contributed by atoms with E-state index in [0.29, 0.717) is 0 Å². The third-order valence-electron chi connectivity index (χ3n) is 0.774. The summed E-state index contributed by atoms with van der Waals surface area (Å²) in [5.41, 5.74) is 0. The first kappa shape index (κ1) is 14.6. The summed E-state index contributed by atoms with van der Waals surface area (Å²) in [6.45, 7) is 3.47. The molecule has 0 rings (SSSR count). The number of hydrogen-bond acceptors (Lipinski definition) is 4. The standard InChI is InChI=1S/C5H10O4S.K/c1-2-9-4-3-5-10(6,7)8;/h2H,1,3-5H2,(H,6,7,8);/q;+1/p-1. The fourth-order valence-electron chi connectivity index (χ4n) is 0.402. The molecule has 0 N–H and O–H groups in total. The molecule has 0 fully saturated rings. The molecule has 11 heavy (non-hydrogen) atoms. The zero-order chi connectivity index (χ0) is 8.04. The van der Waals surface area contributed by atoms with E-state index >= 15 is 0 Å². The van der Waals surface area contributed by atoms with Crippen LogP contribution in [-0.2, 0) is 14.9 Å². The maximum Gasteiger partial charge on any atom is 1.00 e. The summed E-state index contributed by atoms with van der Waals surface area (Å²) < 4.78 is 34.5. The first-order valence-corrected chi connectivity index (χ1v) is 4.30. The Kier molecular flexibility index (Phi) is 10.2. The first-order valence-electron chi connectivity index (χ1n) is 2.72. The van der Waals surface area contributed by atoms with Crippen LogP contribution >= 0.6 is 0 Å². The molecular formula is C5H9KO4S. The van der Waals surface area contributed by atoms with E-state index in [-0.39, 0.29) is 70.2 Å². The largest absolute Gasteiger partial charge is 1.00 e. The molecule has 0 aliphatic rings. The molecule has 0 atom stereocenters. The predicted octanol–water partition coefficient (Wildman–Crippen LogP) is -2.91. The smallest absolute Gasteiger partial charge is 0.748 e. The third kappa shape index (κ3) is 14.0. The van der Waals surface area contributed by atoms with E-state index in [9.17, 15) is 13.0 Å². The average molecular weight is 204 g/mol. The van der Waals surface area contributed by atoms with Crippen molar-refractivity contribution in [3.8, 4) is 0 Å². The van der Waals surface area contributed by atoms with E-state index in [0.717, 1.165) is 0 Å². The summed E-state index contributed by atoms with van der Waals surface area (Å²) in [4.78, 5) is 0. The zero-order valence-electron chi connectivity index (χ0n) is 6.45. The Morgan fingerprint density at radius 1 is 1.55 bits per heavy atom. The summed E-state index contributed by atoms with van der Waals surface area (Å²) in [5, 5.41) is 0. The monoisotopic (exact) mass is 204 g/mol. The molecule has 0 aromatic rings. The molecule has 4 nitrogen and oxygen atoms in total. The van der Waals surface area contributed by atoms with E-state index in [1.54, 1.807) is 0 Å². The minimum absolute atomic E-state index is 0. The molecule has 0 radical (unpaired) electrons. The van der Waals surface area contributed by atoms with Crippen molar-refractivity contribution in [1.82, 2.24) is 0 Å². The van der Waals surface area contributed by atoms with Crippen LogP contribution in [0.25, 0.3) is 0 Å². The van der Waals surface area contributed by atoms with Crippen LogP contribution in [0.2, 0.25) is 0 Å². The quantitative estimate of drug-likeness (QED) is 0.208. The van der Waals surface area contributed by atoms with Crippen LogP contribution < -0.4 is 51.4 Å². The summed E-state index contributed by atoms with van der Waals surface area (Å²) in [6, 6.07) is 0. The van der Waals surface area contributed by atoms with Crippen molar-refractivity contribution in [1.29, 1.82) is 0 Å². The van der Waals surface area contributed by atoms with Gasteiger partial charge >= 0.3 is 51.4 Å². The van der Waals surface area contributed by atoms with Crippen LogP contribution in [0.15, 0.2) is 12.8 Å². The van der Waals surface area contributed by atoms with Gasteiger partial charge in [0.25, 0.3) is 0 Å². The van der Waals surface area contributed by atoms with Crippen LogP contribution in [0, 0.1) is 0 Å². The molecule has 60 valence electrons. The van der Waals surface area contributed by atoms with E-state index in [1.165, 1.54) is 6.26 Å². The molecule has 0 amide bonds. The molecule has 0 aliphatic carbocycles. The molecule has 0 saturated carbocycles. The van der Waals surface area contributed by atoms with Crippen molar-refractivity contribution in [2.24, 2.45) is 0 Å². The van der Waals surface area contributed by atoms with Gasteiger partial charge in [-0.25, -0.2) is 8.42 Å². The fourth-order valence-corrected chi connectivity index (χ4v) is 0.874. The maximum atomic E-state index is 9.96.